The first-order valence-corrected chi connectivity index (χ1v) is 15.8. The second-order valence-corrected chi connectivity index (χ2v) is 11.1. The first-order valence-electron chi connectivity index (χ1n) is 15.8. The molecule has 0 aliphatic rings. The molecule has 0 saturated heterocycles. The molecule has 9 nitrogen and oxygen atoms in total. The van der Waals surface area contributed by atoms with Crippen LogP contribution in [0.2, 0.25) is 0 Å². The van der Waals surface area contributed by atoms with Crippen molar-refractivity contribution < 1.29 is 33.8 Å². The molecular formula is C38H40N2O7. The smallest absolute Gasteiger partial charge is 0.343 e. The van der Waals surface area contributed by atoms with Crippen LogP contribution in [-0.2, 0) is 11.3 Å². The Kier molecular flexibility index (Phi) is 13.1. The second-order valence-electron chi connectivity index (χ2n) is 11.1. The van der Waals surface area contributed by atoms with Crippen molar-refractivity contribution in [2.24, 2.45) is 0 Å². The summed E-state index contributed by atoms with van der Waals surface area (Å²) in [5.74, 6) is -1.18. The molecule has 47 heavy (non-hydrogen) atoms. The highest BCUT2D eigenvalue weighted by Crippen LogP contribution is 2.19. The van der Waals surface area contributed by atoms with Gasteiger partial charge in [-0.25, -0.2) is 4.79 Å². The summed E-state index contributed by atoms with van der Waals surface area (Å²) in [4.78, 5) is 51.1. The zero-order valence-corrected chi connectivity index (χ0v) is 26.5. The van der Waals surface area contributed by atoms with E-state index in [1.54, 1.807) is 97.1 Å². The van der Waals surface area contributed by atoms with Crippen LogP contribution in [0.4, 0.5) is 5.69 Å². The van der Waals surface area contributed by atoms with Crippen LogP contribution < -0.4 is 14.8 Å². The molecule has 244 valence electrons. The van der Waals surface area contributed by atoms with Gasteiger partial charge < -0.3 is 24.8 Å². The van der Waals surface area contributed by atoms with E-state index in [-0.39, 0.29) is 18.9 Å². The normalized spacial score (nSPS) is 10.6. The van der Waals surface area contributed by atoms with E-state index in [1.807, 2.05) is 6.07 Å². The minimum Gasteiger partial charge on any atom is -0.494 e. The number of ketones is 1. The van der Waals surface area contributed by atoms with Gasteiger partial charge in [0.15, 0.2) is 5.78 Å². The highest BCUT2D eigenvalue weighted by Gasteiger charge is 2.19. The molecule has 4 aromatic carbocycles. The lowest BCUT2D eigenvalue weighted by Crippen LogP contribution is -2.35. The van der Waals surface area contributed by atoms with E-state index in [9.17, 15) is 24.3 Å². The molecule has 0 atom stereocenters. The van der Waals surface area contributed by atoms with Gasteiger partial charge in [0.2, 0.25) is 0 Å². The Morgan fingerprint density at radius 2 is 1.34 bits per heavy atom. The number of anilines is 1. The van der Waals surface area contributed by atoms with E-state index in [0.29, 0.717) is 46.0 Å². The lowest BCUT2D eigenvalue weighted by Gasteiger charge is -2.21. The van der Waals surface area contributed by atoms with E-state index in [1.165, 1.54) is 24.2 Å². The average molecular weight is 637 g/mol. The van der Waals surface area contributed by atoms with Gasteiger partial charge in [-0.3, -0.25) is 14.4 Å². The minimum atomic E-state index is -1.15. The second kappa shape index (κ2) is 17.9. The van der Waals surface area contributed by atoms with Gasteiger partial charge in [-0.15, -0.1) is 0 Å². The van der Waals surface area contributed by atoms with Gasteiger partial charge in [-0.2, -0.15) is 0 Å². The SMILES string of the molecule is CCCCCCCOc1ccc(C(=O)Oc2ccc(CN(CC(=O)O)C(=O)c3ccc(NCC(=O)c4ccccc4)cc3)cc2)cc1. The summed E-state index contributed by atoms with van der Waals surface area (Å²) in [6.07, 6.45) is 5.77. The van der Waals surface area contributed by atoms with Crippen molar-refractivity contribution in [1.29, 1.82) is 0 Å². The summed E-state index contributed by atoms with van der Waals surface area (Å²) in [5, 5.41) is 12.5. The van der Waals surface area contributed by atoms with Gasteiger partial charge in [0.1, 0.15) is 18.0 Å². The van der Waals surface area contributed by atoms with E-state index in [4.69, 9.17) is 9.47 Å². The molecule has 0 bridgehead atoms. The molecule has 0 heterocycles. The van der Waals surface area contributed by atoms with Gasteiger partial charge in [0.25, 0.3) is 5.91 Å². The third kappa shape index (κ3) is 11.1. The van der Waals surface area contributed by atoms with Crippen LogP contribution in [0.3, 0.4) is 0 Å². The van der Waals surface area contributed by atoms with Crippen LogP contribution in [0.5, 0.6) is 11.5 Å². The zero-order valence-electron chi connectivity index (χ0n) is 26.5. The maximum absolute atomic E-state index is 13.3. The summed E-state index contributed by atoms with van der Waals surface area (Å²) >= 11 is 0. The Hall–Kier alpha value is -5.44. The van der Waals surface area contributed by atoms with Crippen LogP contribution in [0.15, 0.2) is 103 Å². The fourth-order valence-corrected chi connectivity index (χ4v) is 4.82. The van der Waals surface area contributed by atoms with Crippen molar-refractivity contribution in [3.05, 3.63) is 125 Å². The number of rotatable bonds is 18. The van der Waals surface area contributed by atoms with Gasteiger partial charge in [-0.1, -0.05) is 75.1 Å². The zero-order chi connectivity index (χ0) is 33.4. The number of esters is 1. The lowest BCUT2D eigenvalue weighted by atomic mass is 10.1. The molecule has 0 saturated carbocycles. The molecule has 0 aliphatic carbocycles. The maximum atomic E-state index is 13.3. The predicted molar refractivity (Wildman–Crippen MR) is 180 cm³/mol. The number of carbonyl (C=O) groups excluding carboxylic acids is 3. The molecule has 0 aliphatic heterocycles. The van der Waals surface area contributed by atoms with Crippen molar-refractivity contribution in [3.63, 3.8) is 0 Å². The minimum absolute atomic E-state index is 0.0327. The molecule has 9 heteroatoms. The third-order valence-corrected chi connectivity index (χ3v) is 7.41. The van der Waals surface area contributed by atoms with Gasteiger partial charge in [-0.05, 0) is 72.6 Å². The topological polar surface area (TPSA) is 122 Å². The van der Waals surface area contributed by atoms with Crippen LogP contribution in [0.25, 0.3) is 0 Å². The molecular weight excluding hydrogens is 596 g/mol. The summed E-state index contributed by atoms with van der Waals surface area (Å²) in [7, 11) is 0. The van der Waals surface area contributed by atoms with E-state index in [0.717, 1.165) is 12.8 Å². The summed E-state index contributed by atoms with van der Waals surface area (Å²) in [5.41, 5.74) is 2.60. The van der Waals surface area contributed by atoms with Crippen molar-refractivity contribution in [2.45, 2.75) is 45.6 Å². The number of hydrogen-bond acceptors (Lipinski definition) is 7. The number of hydrogen-bond donors (Lipinski definition) is 2. The highest BCUT2D eigenvalue weighted by atomic mass is 16.5. The number of unbranched alkanes of at least 4 members (excludes halogenated alkanes) is 4. The van der Waals surface area contributed by atoms with Crippen LogP contribution in [0.1, 0.15) is 75.7 Å². The van der Waals surface area contributed by atoms with E-state index >= 15 is 0 Å². The number of Topliss-reactive ketones (excluding diaryl/α,β-unsaturated/α-hetero) is 1. The summed E-state index contributed by atoms with van der Waals surface area (Å²) in [6, 6.07) is 28.8. The molecule has 0 aromatic heterocycles. The van der Waals surface area contributed by atoms with E-state index in [2.05, 4.69) is 12.2 Å². The molecule has 0 spiro atoms. The van der Waals surface area contributed by atoms with Gasteiger partial charge >= 0.3 is 11.9 Å². The van der Waals surface area contributed by atoms with Gasteiger partial charge in [0.05, 0.1) is 18.7 Å². The van der Waals surface area contributed by atoms with Crippen LogP contribution >= 0.6 is 0 Å². The number of ether oxygens (including phenoxy) is 2. The Balaban J connectivity index is 1.29. The fraction of sp³-hybridized carbons (Fsp3) is 0.263. The van der Waals surface area contributed by atoms with Crippen LogP contribution in [0, 0.1) is 0 Å². The van der Waals surface area contributed by atoms with E-state index < -0.39 is 24.4 Å². The Labute approximate surface area is 275 Å². The number of carboxylic acids is 1. The quantitative estimate of drug-likeness (QED) is 0.0506. The average Bonchev–Trinajstić information content (AvgIpc) is 3.09. The number of nitrogens with one attached hydrogen (secondary N) is 1. The molecule has 4 rings (SSSR count). The molecule has 0 unspecified atom stereocenters. The molecule has 4 aromatic rings. The number of benzene rings is 4. The first-order chi connectivity index (χ1) is 22.8. The Morgan fingerprint density at radius 3 is 2.00 bits per heavy atom. The number of nitrogens with zero attached hydrogens (tertiary/aromatic N) is 1. The molecule has 2 N–H and O–H groups in total. The number of amides is 1. The number of carboxylic acid groups (broad SMARTS) is 1. The largest absolute Gasteiger partial charge is 0.494 e. The third-order valence-electron chi connectivity index (χ3n) is 7.41. The first kappa shape index (κ1) is 34.4. The van der Waals surface area contributed by atoms with Crippen molar-refractivity contribution in [2.75, 3.05) is 25.0 Å². The summed E-state index contributed by atoms with van der Waals surface area (Å²) in [6.45, 7) is 2.44. The lowest BCUT2D eigenvalue weighted by molar-refractivity contribution is -0.137. The van der Waals surface area contributed by atoms with Crippen molar-refractivity contribution in [1.82, 2.24) is 4.90 Å². The number of carbonyl (C=O) groups is 4. The Bertz CT molecular complexity index is 1600. The molecule has 0 radical (unpaired) electrons. The number of aliphatic carboxylic acids is 1. The fourth-order valence-electron chi connectivity index (χ4n) is 4.82. The highest BCUT2D eigenvalue weighted by molar-refractivity contribution is 5.99. The Morgan fingerprint density at radius 1 is 0.702 bits per heavy atom. The van der Waals surface area contributed by atoms with Gasteiger partial charge in [0, 0.05) is 23.4 Å². The van der Waals surface area contributed by atoms with Crippen LogP contribution in [-0.4, -0.2) is 53.3 Å². The molecule has 1 amide bonds. The predicted octanol–water partition coefficient (Wildman–Crippen LogP) is 7.28. The maximum Gasteiger partial charge on any atom is 0.343 e. The monoisotopic (exact) mass is 636 g/mol. The summed E-state index contributed by atoms with van der Waals surface area (Å²) < 4.78 is 11.3. The molecule has 0 fully saturated rings. The van der Waals surface area contributed by atoms with Crippen molar-refractivity contribution >= 4 is 29.3 Å². The standard InChI is InChI=1S/C38H40N2O7/c1-2-3-4-5-9-24-46-33-22-16-31(17-23-33)38(45)47-34-20-12-28(13-21-34)26-40(27-36(42)43)37(44)30-14-18-32(19-15-30)39-25-35(41)29-10-7-6-8-11-29/h6-8,10-23,39H,2-5,9,24-27H2,1H3,(H,42,43). The van der Waals surface area contributed by atoms with Crippen molar-refractivity contribution in [3.8, 4) is 11.5 Å².